The SMILES string of the molecule is CCCC(CN1C(=O)C2CC(C)CC2C1=O)C(=O)O. The van der Waals surface area contributed by atoms with E-state index in [1.807, 2.05) is 6.92 Å². The van der Waals surface area contributed by atoms with E-state index in [0.29, 0.717) is 12.3 Å². The van der Waals surface area contributed by atoms with Crippen molar-refractivity contribution in [3.05, 3.63) is 0 Å². The first-order valence-electron chi connectivity index (χ1n) is 7.03. The van der Waals surface area contributed by atoms with Gasteiger partial charge < -0.3 is 5.11 Å². The van der Waals surface area contributed by atoms with Gasteiger partial charge in [0, 0.05) is 6.54 Å². The zero-order valence-electron chi connectivity index (χ0n) is 11.5. The van der Waals surface area contributed by atoms with Gasteiger partial charge in [0.2, 0.25) is 11.8 Å². The van der Waals surface area contributed by atoms with Crippen LogP contribution in [-0.4, -0.2) is 34.3 Å². The van der Waals surface area contributed by atoms with Crippen LogP contribution in [0.4, 0.5) is 0 Å². The van der Waals surface area contributed by atoms with E-state index in [1.54, 1.807) is 0 Å². The van der Waals surface area contributed by atoms with Crippen LogP contribution in [0.3, 0.4) is 0 Å². The Kier molecular flexibility index (Phi) is 3.92. The quantitative estimate of drug-likeness (QED) is 0.766. The summed E-state index contributed by atoms with van der Waals surface area (Å²) in [6.45, 7) is 4.00. The molecule has 19 heavy (non-hydrogen) atoms. The number of carbonyl (C=O) groups excluding carboxylic acids is 2. The molecular weight excluding hydrogens is 246 g/mol. The van der Waals surface area contributed by atoms with Gasteiger partial charge >= 0.3 is 5.97 Å². The number of rotatable bonds is 5. The number of hydrogen-bond donors (Lipinski definition) is 1. The standard InChI is InChI=1S/C14H21NO4/c1-3-4-9(14(18)19)7-15-12(16)10-5-8(2)6-11(10)13(15)17/h8-11H,3-7H2,1-2H3,(H,18,19). The van der Waals surface area contributed by atoms with Crippen molar-refractivity contribution in [3.63, 3.8) is 0 Å². The second kappa shape index (κ2) is 5.31. The topological polar surface area (TPSA) is 74.7 Å². The second-order valence-corrected chi connectivity index (χ2v) is 5.90. The van der Waals surface area contributed by atoms with Crippen LogP contribution >= 0.6 is 0 Å². The molecule has 1 aliphatic heterocycles. The summed E-state index contributed by atoms with van der Waals surface area (Å²) in [6.07, 6.45) is 2.75. The van der Waals surface area contributed by atoms with Gasteiger partial charge in [-0.25, -0.2) is 0 Å². The fraction of sp³-hybridized carbons (Fsp3) is 0.786. The monoisotopic (exact) mass is 267 g/mol. The highest BCUT2D eigenvalue weighted by atomic mass is 16.4. The molecule has 0 aromatic rings. The molecule has 5 nitrogen and oxygen atoms in total. The second-order valence-electron chi connectivity index (χ2n) is 5.90. The van der Waals surface area contributed by atoms with Crippen molar-refractivity contribution in [2.75, 3.05) is 6.54 Å². The van der Waals surface area contributed by atoms with Gasteiger partial charge in [-0.1, -0.05) is 20.3 Å². The first kappa shape index (κ1) is 14.0. The predicted octanol–water partition coefficient (Wildman–Crippen LogP) is 1.52. The van der Waals surface area contributed by atoms with Crippen LogP contribution in [0.15, 0.2) is 0 Å². The average Bonchev–Trinajstić information content (AvgIpc) is 2.82. The number of carbonyl (C=O) groups is 3. The van der Waals surface area contributed by atoms with Crippen LogP contribution in [0.5, 0.6) is 0 Å². The summed E-state index contributed by atoms with van der Waals surface area (Å²) in [4.78, 5) is 36.8. The number of carboxylic acid groups (broad SMARTS) is 1. The zero-order valence-corrected chi connectivity index (χ0v) is 11.5. The van der Waals surface area contributed by atoms with E-state index in [0.717, 1.165) is 19.3 Å². The van der Waals surface area contributed by atoms with E-state index in [9.17, 15) is 14.4 Å². The van der Waals surface area contributed by atoms with Crippen molar-refractivity contribution in [1.82, 2.24) is 4.90 Å². The highest BCUT2D eigenvalue weighted by Gasteiger charge is 2.52. The summed E-state index contributed by atoms with van der Waals surface area (Å²) in [7, 11) is 0. The van der Waals surface area contributed by atoms with Crippen molar-refractivity contribution in [2.45, 2.75) is 39.5 Å². The Labute approximate surface area is 113 Å². The van der Waals surface area contributed by atoms with Crippen LogP contribution in [0.25, 0.3) is 0 Å². The first-order chi connectivity index (χ1) is 8.95. The Morgan fingerprint density at radius 1 is 1.32 bits per heavy atom. The third kappa shape index (κ3) is 2.51. The molecule has 0 aromatic heterocycles. The Balaban J connectivity index is 2.08. The van der Waals surface area contributed by atoms with Crippen LogP contribution in [0.1, 0.15) is 39.5 Å². The summed E-state index contributed by atoms with van der Waals surface area (Å²) >= 11 is 0. The molecule has 5 heteroatoms. The lowest BCUT2D eigenvalue weighted by molar-refractivity contribution is -0.146. The summed E-state index contributed by atoms with van der Waals surface area (Å²) in [6, 6.07) is 0. The third-order valence-electron chi connectivity index (χ3n) is 4.35. The molecular formula is C14H21NO4. The largest absolute Gasteiger partial charge is 0.481 e. The highest BCUT2D eigenvalue weighted by molar-refractivity contribution is 6.05. The molecule has 106 valence electrons. The summed E-state index contributed by atoms with van der Waals surface area (Å²) in [5.74, 6) is -1.83. The molecule has 0 radical (unpaired) electrons. The molecule has 1 N–H and O–H groups in total. The Hall–Kier alpha value is -1.39. The van der Waals surface area contributed by atoms with Gasteiger partial charge in [-0.2, -0.15) is 0 Å². The van der Waals surface area contributed by atoms with Crippen molar-refractivity contribution in [2.24, 2.45) is 23.7 Å². The molecule has 1 heterocycles. The third-order valence-corrected chi connectivity index (χ3v) is 4.35. The van der Waals surface area contributed by atoms with Gasteiger partial charge in [-0.3, -0.25) is 19.3 Å². The minimum Gasteiger partial charge on any atom is -0.481 e. The van der Waals surface area contributed by atoms with Crippen LogP contribution in [0, 0.1) is 23.7 Å². The molecule has 1 saturated carbocycles. The van der Waals surface area contributed by atoms with Crippen molar-refractivity contribution >= 4 is 17.8 Å². The highest BCUT2D eigenvalue weighted by Crippen LogP contribution is 2.43. The van der Waals surface area contributed by atoms with Crippen molar-refractivity contribution < 1.29 is 19.5 Å². The maximum atomic E-state index is 12.2. The van der Waals surface area contributed by atoms with Gasteiger partial charge in [0.1, 0.15) is 0 Å². The van der Waals surface area contributed by atoms with E-state index in [4.69, 9.17) is 5.11 Å². The summed E-state index contributed by atoms with van der Waals surface area (Å²) in [5, 5.41) is 9.13. The van der Waals surface area contributed by atoms with Crippen LogP contribution in [-0.2, 0) is 14.4 Å². The molecule has 2 fully saturated rings. The van der Waals surface area contributed by atoms with Gasteiger partial charge in [0.25, 0.3) is 0 Å². The van der Waals surface area contributed by atoms with E-state index in [-0.39, 0.29) is 30.2 Å². The molecule has 2 rings (SSSR count). The molecule has 3 unspecified atom stereocenters. The molecule has 0 bridgehead atoms. The van der Waals surface area contributed by atoms with E-state index in [2.05, 4.69) is 6.92 Å². The lowest BCUT2D eigenvalue weighted by Gasteiger charge is -2.20. The average molecular weight is 267 g/mol. The molecule has 2 amide bonds. The lowest BCUT2D eigenvalue weighted by atomic mass is 10.00. The number of fused-ring (bicyclic) bond motifs is 1. The first-order valence-corrected chi connectivity index (χ1v) is 7.03. The van der Waals surface area contributed by atoms with E-state index < -0.39 is 11.9 Å². The molecule has 2 aliphatic rings. The summed E-state index contributed by atoms with van der Waals surface area (Å²) < 4.78 is 0. The number of amides is 2. The molecule has 0 aromatic carbocycles. The Morgan fingerprint density at radius 2 is 1.84 bits per heavy atom. The number of carboxylic acids is 1. The predicted molar refractivity (Wildman–Crippen MR) is 68.1 cm³/mol. The maximum absolute atomic E-state index is 12.2. The van der Waals surface area contributed by atoms with Gasteiger partial charge in [-0.15, -0.1) is 0 Å². The lowest BCUT2D eigenvalue weighted by Crippen LogP contribution is -2.38. The number of likely N-dealkylation sites (tertiary alicyclic amines) is 1. The normalized spacial score (nSPS) is 31.7. The van der Waals surface area contributed by atoms with E-state index in [1.165, 1.54) is 4.90 Å². The Morgan fingerprint density at radius 3 is 2.26 bits per heavy atom. The molecule has 0 spiro atoms. The van der Waals surface area contributed by atoms with Crippen LogP contribution < -0.4 is 0 Å². The van der Waals surface area contributed by atoms with Crippen molar-refractivity contribution in [3.8, 4) is 0 Å². The number of aliphatic carboxylic acids is 1. The zero-order chi connectivity index (χ0) is 14.2. The molecule has 1 aliphatic carbocycles. The van der Waals surface area contributed by atoms with Gasteiger partial charge in [0.15, 0.2) is 0 Å². The number of imide groups is 1. The minimum absolute atomic E-state index is 0.0439. The van der Waals surface area contributed by atoms with Crippen LogP contribution in [0.2, 0.25) is 0 Å². The summed E-state index contributed by atoms with van der Waals surface area (Å²) in [5.41, 5.74) is 0. The fourth-order valence-electron chi connectivity index (χ4n) is 3.39. The molecule has 3 atom stereocenters. The number of nitrogens with zero attached hydrogens (tertiary/aromatic N) is 1. The smallest absolute Gasteiger partial charge is 0.308 e. The van der Waals surface area contributed by atoms with Crippen molar-refractivity contribution in [1.29, 1.82) is 0 Å². The maximum Gasteiger partial charge on any atom is 0.308 e. The van der Waals surface area contributed by atoms with Gasteiger partial charge in [-0.05, 0) is 25.2 Å². The fourth-order valence-corrected chi connectivity index (χ4v) is 3.39. The van der Waals surface area contributed by atoms with E-state index >= 15 is 0 Å². The minimum atomic E-state index is -0.923. The van der Waals surface area contributed by atoms with Gasteiger partial charge in [0.05, 0.1) is 17.8 Å². The Bertz CT molecular complexity index is 382. The number of hydrogen-bond acceptors (Lipinski definition) is 3. The molecule has 1 saturated heterocycles.